The molecule has 4 aliphatic heterocycles. The minimum atomic E-state index is -0.874. The number of rotatable bonds is 11. The smallest absolute Gasteiger partial charge is 0.233 e. The van der Waals surface area contributed by atoms with Gasteiger partial charge in [-0.2, -0.15) is 0 Å². The molecule has 0 aliphatic carbocycles. The largest absolute Gasteiger partial charge is 0.507 e. The number of ether oxygens (including phenoxy) is 1. The molecule has 9 heteroatoms. The summed E-state index contributed by atoms with van der Waals surface area (Å²) in [6.07, 6.45) is -0.261. The van der Waals surface area contributed by atoms with E-state index in [2.05, 4.69) is 29.2 Å². The highest BCUT2D eigenvalue weighted by Gasteiger charge is 2.49. The van der Waals surface area contributed by atoms with Gasteiger partial charge in [-0.1, -0.05) is 36.4 Å². The number of halogens is 2. The Kier molecular flexibility index (Phi) is 8.70. The topological polar surface area (TPSA) is 73.2 Å². The third-order valence-electron chi connectivity index (χ3n) is 10.3. The van der Waals surface area contributed by atoms with Crippen molar-refractivity contribution in [2.45, 2.75) is 38.1 Å². The number of quaternary nitrogens is 1. The van der Waals surface area contributed by atoms with Crippen molar-refractivity contribution in [3.05, 3.63) is 125 Å². The number of aliphatic hydroxyl groups excluding tert-OH is 1. The number of hydrogen-bond acceptors (Lipinski definition) is 5. The van der Waals surface area contributed by atoms with E-state index < -0.39 is 23.9 Å². The Morgan fingerprint density at radius 2 is 1.45 bits per heavy atom. The molecule has 4 aromatic carbocycles. The lowest BCUT2D eigenvalue weighted by molar-refractivity contribution is -0.953. The number of phenolic OH excluding ortho intramolecular Hbond substituents is 1. The van der Waals surface area contributed by atoms with E-state index in [0.29, 0.717) is 35.6 Å². The summed E-state index contributed by atoms with van der Waals surface area (Å²) in [7, 11) is 0. The summed E-state index contributed by atoms with van der Waals surface area (Å²) >= 11 is 0. The molecule has 8 rings (SSSR count). The predicted octanol–water partition coefficient (Wildman–Crippen LogP) is 6.11. The Balaban J connectivity index is 1.03. The van der Waals surface area contributed by atoms with Crippen molar-refractivity contribution in [1.82, 2.24) is 4.90 Å². The van der Waals surface area contributed by atoms with Crippen LogP contribution in [0.4, 0.5) is 14.5 Å². The Bertz CT molecular complexity index is 1690. The number of nitrogens with zero attached hydrogens (tertiary/aromatic N) is 3. The molecular formula is C38H40F2N3O4+. The monoisotopic (exact) mass is 640 g/mol. The van der Waals surface area contributed by atoms with Gasteiger partial charge in [-0.25, -0.2) is 8.78 Å². The van der Waals surface area contributed by atoms with Crippen molar-refractivity contribution in [3.8, 4) is 11.5 Å². The molecule has 2 bridgehead atoms. The van der Waals surface area contributed by atoms with Gasteiger partial charge < -0.3 is 24.3 Å². The number of benzene rings is 4. The first-order valence-electron chi connectivity index (χ1n) is 16.4. The summed E-state index contributed by atoms with van der Waals surface area (Å²) in [4.78, 5) is 17.5. The number of amides is 1. The van der Waals surface area contributed by atoms with Gasteiger partial charge in [0, 0.05) is 42.5 Å². The van der Waals surface area contributed by atoms with E-state index in [4.69, 9.17) is 4.74 Å². The lowest BCUT2D eigenvalue weighted by Crippen LogP contribution is -2.66. The maximum atomic E-state index is 13.7. The lowest BCUT2D eigenvalue weighted by atomic mass is 9.78. The maximum Gasteiger partial charge on any atom is 0.233 e. The molecule has 4 fully saturated rings. The number of β-lactam (4-membered cyclic amide) rings is 1. The Morgan fingerprint density at radius 1 is 0.830 bits per heavy atom. The first kappa shape index (κ1) is 31.3. The first-order chi connectivity index (χ1) is 22.8. The zero-order valence-electron chi connectivity index (χ0n) is 26.3. The van der Waals surface area contributed by atoms with Crippen molar-refractivity contribution in [2.24, 2.45) is 5.92 Å². The van der Waals surface area contributed by atoms with Crippen LogP contribution in [0.1, 0.15) is 47.2 Å². The van der Waals surface area contributed by atoms with E-state index in [0.717, 1.165) is 12.1 Å². The van der Waals surface area contributed by atoms with Gasteiger partial charge in [-0.05, 0) is 72.5 Å². The van der Waals surface area contributed by atoms with Crippen LogP contribution < -0.4 is 9.64 Å². The van der Waals surface area contributed by atoms with E-state index in [1.807, 2.05) is 0 Å². The summed E-state index contributed by atoms with van der Waals surface area (Å²) in [5, 5.41) is 21.9. The SMILES string of the molecule is O=C1[C@H](CC[C@H](O)c2ccc(F)cc2)[C@@H](c2ccc(OCc3ccc(C[N+]45CCN(CC4)CC5)cc3)cc2O)N1c1ccc(F)cc1. The number of fused-ring (bicyclic) bond motifs is 3. The summed E-state index contributed by atoms with van der Waals surface area (Å²) in [6.45, 7) is 8.66. The van der Waals surface area contributed by atoms with E-state index >= 15 is 0 Å². The minimum absolute atomic E-state index is 0.0119. The average molecular weight is 641 g/mol. The fourth-order valence-electron chi connectivity index (χ4n) is 7.39. The molecule has 0 spiro atoms. The van der Waals surface area contributed by atoms with E-state index in [-0.39, 0.29) is 23.9 Å². The normalized spacial score (nSPS) is 24.2. The van der Waals surface area contributed by atoms with Crippen LogP contribution in [0.2, 0.25) is 0 Å². The molecule has 0 unspecified atom stereocenters. The molecule has 0 saturated carbocycles. The van der Waals surface area contributed by atoms with Crippen LogP contribution in [0.5, 0.6) is 11.5 Å². The molecule has 2 N–H and O–H groups in total. The fourth-order valence-corrected chi connectivity index (χ4v) is 7.39. The van der Waals surface area contributed by atoms with Gasteiger partial charge in [0.2, 0.25) is 5.91 Å². The van der Waals surface area contributed by atoms with Crippen LogP contribution in [-0.2, 0) is 17.9 Å². The van der Waals surface area contributed by atoms with Crippen LogP contribution in [0.25, 0.3) is 0 Å². The number of aliphatic hydroxyl groups is 1. The number of aromatic hydroxyl groups is 1. The third kappa shape index (κ3) is 6.61. The summed E-state index contributed by atoms with van der Waals surface area (Å²) < 4.78 is 34.3. The standard InChI is InChI=1S/C38H39F2N3O4/c39-29-7-5-28(6-8-29)35(44)16-15-34-37(42(38(34)46)31-11-9-30(40)10-12-31)33-14-13-32(23-36(33)45)47-25-27-3-1-26(2-4-27)24-43-20-17-41(18-21-43)19-22-43/h1-14,23,34-35,37,44H,15-22,24-25H2/p+1/t34-,35+,37-/m1/s1. The molecule has 244 valence electrons. The molecule has 47 heavy (non-hydrogen) atoms. The highest BCUT2D eigenvalue weighted by Crippen LogP contribution is 2.49. The molecule has 4 saturated heterocycles. The van der Waals surface area contributed by atoms with Gasteiger partial charge in [-0.3, -0.25) is 9.69 Å². The molecule has 0 aromatic heterocycles. The van der Waals surface area contributed by atoms with Crippen LogP contribution in [0.15, 0.2) is 91.0 Å². The van der Waals surface area contributed by atoms with Gasteiger partial charge in [0.1, 0.15) is 36.3 Å². The molecule has 4 aromatic rings. The summed E-state index contributed by atoms with van der Waals surface area (Å²) in [6, 6.07) is 24.5. The third-order valence-corrected chi connectivity index (χ3v) is 10.3. The van der Waals surface area contributed by atoms with E-state index in [1.165, 1.54) is 85.7 Å². The fraction of sp³-hybridized carbons (Fsp3) is 0.342. The van der Waals surface area contributed by atoms with Crippen molar-refractivity contribution in [2.75, 3.05) is 44.2 Å². The second kappa shape index (κ2) is 13.1. The first-order valence-corrected chi connectivity index (χ1v) is 16.4. The number of piperazine rings is 3. The second-order valence-electron chi connectivity index (χ2n) is 13.2. The minimum Gasteiger partial charge on any atom is -0.507 e. The van der Waals surface area contributed by atoms with Crippen molar-refractivity contribution < 1.29 is 33.0 Å². The Morgan fingerprint density at radius 3 is 2.09 bits per heavy atom. The van der Waals surface area contributed by atoms with Crippen molar-refractivity contribution >= 4 is 11.6 Å². The van der Waals surface area contributed by atoms with Gasteiger partial charge in [0.05, 0.1) is 37.7 Å². The van der Waals surface area contributed by atoms with Crippen LogP contribution in [0, 0.1) is 17.6 Å². The quantitative estimate of drug-likeness (QED) is 0.153. The van der Waals surface area contributed by atoms with Crippen LogP contribution in [0.3, 0.4) is 0 Å². The molecule has 4 heterocycles. The lowest BCUT2D eigenvalue weighted by Gasteiger charge is -2.50. The highest BCUT2D eigenvalue weighted by atomic mass is 19.1. The van der Waals surface area contributed by atoms with Gasteiger partial charge >= 0.3 is 0 Å². The van der Waals surface area contributed by atoms with Gasteiger partial charge in [-0.15, -0.1) is 0 Å². The number of carbonyl (C=O) groups is 1. The van der Waals surface area contributed by atoms with Gasteiger partial charge in [0.15, 0.2) is 0 Å². The Labute approximate surface area is 273 Å². The summed E-state index contributed by atoms with van der Waals surface area (Å²) in [5.41, 5.74) is 4.00. The Hall–Kier alpha value is -4.31. The highest BCUT2D eigenvalue weighted by molar-refractivity contribution is 6.03. The van der Waals surface area contributed by atoms with E-state index in [9.17, 15) is 23.8 Å². The van der Waals surface area contributed by atoms with Gasteiger partial charge in [0.25, 0.3) is 0 Å². The number of phenols is 1. The molecule has 3 atom stereocenters. The maximum absolute atomic E-state index is 13.7. The molecule has 7 nitrogen and oxygen atoms in total. The predicted molar refractivity (Wildman–Crippen MR) is 175 cm³/mol. The molecular weight excluding hydrogens is 600 g/mol. The summed E-state index contributed by atoms with van der Waals surface area (Å²) in [5.74, 6) is -1.01. The number of anilines is 1. The van der Waals surface area contributed by atoms with Crippen molar-refractivity contribution in [1.29, 1.82) is 0 Å². The number of carbonyl (C=O) groups excluding carboxylic acids is 1. The van der Waals surface area contributed by atoms with Crippen LogP contribution >= 0.6 is 0 Å². The molecule has 4 aliphatic rings. The van der Waals surface area contributed by atoms with Crippen molar-refractivity contribution in [3.63, 3.8) is 0 Å². The number of hydrogen-bond donors (Lipinski definition) is 2. The average Bonchev–Trinajstić information content (AvgIpc) is 3.09. The zero-order chi connectivity index (χ0) is 32.5. The molecule has 0 radical (unpaired) electrons. The zero-order valence-corrected chi connectivity index (χ0v) is 26.3. The van der Waals surface area contributed by atoms with E-state index in [1.54, 1.807) is 35.2 Å². The second-order valence-corrected chi connectivity index (χ2v) is 13.2. The molecule has 1 amide bonds. The van der Waals surface area contributed by atoms with Crippen LogP contribution in [-0.4, -0.2) is 64.8 Å².